The lowest BCUT2D eigenvalue weighted by atomic mass is 9.97. The third kappa shape index (κ3) is 3.31. The molecule has 2 N–H and O–H groups in total. The Bertz CT molecular complexity index is 1050. The second-order valence-corrected chi connectivity index (χ2v) is 6.99. The van der Waals surface area contributed by atoms with Gasteiger partial charge in [-0.1, -0.05) is 0 Å². The van der Waals surface area contributed by atoms with E-state index in [2.05, 4.69) is 20.3 Å². The van der Waals surface area contributed by atoms with Gasteiger partial charge in [-0.15, -0.1) is 0 Å². The van der Waals surface area contributed by atoms with Crippen LogP contribution in [0.2, 0.25) is 0 Å². The number of rotatable bonds is 5. The van der Waals surface area contributed by atoms with Gasteiger partial charge in [0.25, 0.3) is 5.91 Å². The van der Waals surface area contributed by atoms with E-state index in [9.17, 15) is 9.59 Å². The molecule has 3 aromatic heterocycles. The summed E-state index contributed by atoms with van der Waals surface area (Å²) in [5.41, 5.74) is 1.56. The van der Waals surface area contributed by atoms with Gasteiger partial charge in [0.1, 0.15) is 5.82 Å². The first-order valence-corrected chi connectivity index (χ1v) is 9.50. The number of hydrogen-bond acceptors (Lipinski definition) is 6. The highest BCUT2D eigenvalue weighted by Crippen LogP contribution is 2.26. The molecule has 3 aromatic rings. The number of fused-ring (bicyclic) bond motifs is 1. The van der Waals surface area contributed by atoms with Gasteiger partial charge in [0.2, 0.25) is 0 Å². The lowest BCUT2D eigenvalue weighted by Gasteiger charge is -2.31. The van der Waals surface area contributed by atoms with Crippen LogP contribution in [0.4, 0.5) is 0 Å². The van der Waals surface area contributed by atoms with Gasteiger partial charge in [-0.2, -0.15) is 10.2 Å². The number of aromatic nitrogens is 6. The Hall–Kier alpha value is -3.01. The second kappa shape index (κ2) is 7.55. The summed E-state index contributed by atoms with van der Waals surface area (Å²) in [5.74, 6) is 0.568. The minimum absolute atomic E-state index is 0.0166. The average Bonchev–Trinajstić information content (AvgIpc) is 3.30. The maximum Gasteiger partial charge on any atom is 0.343 e. The molecule has 4 rings (SSSR count). The number of piperidine rings is 1. The van der Waals surface area contributed by atoms with E-state index in [0.29, 0.717) is 43.2 Å². The second-order valence-electron chi connectivity index (χ2n) is 6.99. The van der Waals surface area contributed by atoms with Crippen molar-refractivity contribution in [2.75, 3.05) is 19.7 Å². The lowest BCUT2D eigenvalue weighted by Crippen LogP contribution is -2.40. The summed E-state index contributed by atoms with van der Waals surface area (Å²) in [6.45, 7) is 3.63. The summed E-state index contributed by atoms with van der Waals surface area (Å²) in [6.07, 6.45) is 5.67. The highest BCUT2D eigenvalue weighted by atomic mass is 16.3. The smallest absolute Gasteiger partial charge is 0.343 e. The van der Waals surface area contributed by atoms with E-state index >= 15 is 0 Å². The highest BCUT2D eigenvalue weighted by molar-refractivity contribution is 5.93. The molecule has 1 fully saturated rings. The van der Waals surface area contributed by atoms with Gasteiger partial charge in [0.15, 0.2) is 11.3 Å². The van der Waals surface area contributed by atoms with E-state index in [-0.39, 0.29) is 24.1 Å². The van der Waals surface area contributed by atoms with Crippen molar-refractivity contribution in [1.82, 2.24) is 34.3 Å². The molecule has 1 aliphatic rings. The van der Waals surface area contributed by atoms with Crippen LogP contribution in [0, 0.1) is 0 Å². The topological polar surface area (TPSA) is 121 Å². The Morgan fingerprint density at radius 2 is 2.29 bits per heavy atom. The maximum absolute atomic E-state index is 13.0. The molecule has 10 heteroatoms. The van der Waals surface area contributed by atoms with Crippen molar-refractivity contribution in [2.45, 2.75) is 38.6 Å². The van der Waals surface area contributed by atoms with Crippen LogP contribution < -0.4 is 5.69 Å². The number of aliphatic hydroxyl groups is 1. The zero-order chi connectivity index (χ0) is 19.7. The molecule has 148 valence electrons. The standard InChI is InChI=1S/C18H23N7O3/c1-2-24-16(20-21-18(24)28)13-4-3-6-23(11-13)17(27)14-8-15-19-9-12(5-7-26)10-25(15)22-14/h8-10,13,26H,2-7,11H2,1H3,(H,21,28)/t13-/m1/s1. The molecule has 10 nitrogen and oxygen atoms in total. The van der Waals surface area contributed by atoms with Crippen molar-refractivity contribution in [3.05, 3.63) is 46.0 Å². The number of nitrogens with zero attached hydrogens (tertiary/aromatic N) is 6. The summed E-state index contributed by atoms with van der Waals surface area (Å²) in [5, 5.41) is 20.1. The molecule has 1 saturated heterocycles. The van der Waals surface area contributed by atoms with Crippen LogP contribution in [-0.2, 0) is 13.0 Å². The van der Waals surface area contributed by atoms with E-state index in [1.165, 1.54) is 0 Å². The Balaban J connectivity index is 1.55. The number of H-pyrrole nitrogens is 1. The third-order valence-electron chi connectivity index (χ3n) is 5.16. The van der Waals surface area contributed by atoms with Crippen molar-refractivity contribution in [1.29, 1.82) is 0 Å². The van der Waals surface area contributed by atoms with E-state index in [1.807, 2.05) is 6.92 Å². The van der Waals surface area contributed by atoms with Crippen LogP contribution in [-0.4, -0.2) is 65.0 Å². The molecular weight excluding hydrogens is 362 g/mol. The van der Waals surface area contributed by atoms with Gasteiger partial charge >= 0.3 is 5.69 Å². The monoisotopic (exact) mass is 385 g/mol. The first-order chi connectivity index (χ1) is 13.6. The van der Waals surface area contributed by atoms with E-state index in [4.69, 9.17) is 5.11 Å². The van der Waals surface area contributed by atoms with Crippen LogP contribution in [0.5, 0.6) is 0 Å². The number of aromatic amines is 1. The number of amides is 1. The number of carbonyl (C=O) groups is 1. The highest BCUT2D eigenvalue weighted by Gasteiger charge is 2.30. The first kappa shape index (κ1) is 18.4. The van der Waals surface area contributed by atoms with Crippen LogP contribution in [0.15, 0.2) is 23.3 Å². The van der Waals surface area contributed by atoms with Crippen LogP contribution in [0.3, 0.4) is 0 Å². The molecule has 0 aromatic carbocycles. The molecule has 0 unspecified atom stereocenters. The quantitative estimate of drug-likeness (QED) is 0.647. The molecular formula is C18H23N7O3. The largest absolute Gasteiger partial charge is 0.396 e. The summed E-state index contributed by atoms with van der Waals surface area (Å²) >= 11 is 0. The van der Waals surface area contributed by atoms with Gasteiger partial charge in [0.05, 0.1) is 0 Å². The van der Waals surface area contributed by atoms with Gasteiger partial charge < -0.3 is 10.0 Å². The number of carbonyl (C=O) groups excluding carboxylic acids is 1. The summed E-state index contributed by atoms with van der Waals surface area (Å²) in [6, 6.07) is 1.67. The predicted molar refractivity (Wildman–Crippen MR) is 100 cm³/mol. The van der Waals surface area contributed by atoms with Crippen molar-refractivity contribution >= 4 is 11.6 Å². The van der Waals surface area contributed by atoms with Gasteiger partial charge in [0, 0.05) is 50.6 Å². The summed E-state index contributed by atoms with van der Waals surface area (Å²) < 4.78 is 3.19. The van der Waals surface area contributed by atoms with Gasteiger partial charge in [-0.3, -0.25) is 9.36 Å². The summed E-state index contributed by atoms with van der Waals surface area (Å²) in [4.78, 5) is 30.9. The summed E-state index contributed by atoms with van der Waals surface area (Å²) in [7, 11) is 0. The predicted octanol–water partition coefficient (Wildman–Crippen LogP) is 0.189. The fourth-order valence-electron chi connectivity index (χ4n) is 3.76. The number of likely N-dealkylation sites (tertiary alicyclic amines) is 1. The SMILES string of the molecule is CCn1c([C@@H]2CCCN(C(=O)c3cc4ncc(CCO)cn4n3)C2)n[nH]c1=O. The van der Waals surface area contributed by atoms with Crippen LogP contribution in [0.25, 0.3) is 5.65 Å². The molecule has 0 aliphatic carbocycles. The van der Waals surface area contributed by atoms with Crippen LogP contribution in [0.1, 0.15) is 47.6 Å². The van der Waals surface area contributed by atoms with Crippen molar-refractivity contribution in [3.8, 4) is 0 Å². The molecule has 0 bridgehead atoms. The molecule has 0 radical (unpaired) electrons. The molecule has 4 heterocycles. The minimum atomic E-state index is -0.217. The first-order valence-electron chi connectivity index (χ1n) is 9.50. The normalized spacial score (nSPS) is 17.4. The number of aliphatic hydroxyl groups excluding tert-OH is 1. The van der Waals surface area contributed by atoms with E-state index in [1.54, 1.807) is 32.4 Å². The fourth-order valence-corrected chi connectivity index (χ4v) is 3.76. The van der Waals surface area contributed by atoms with Crippen LogP contribution >= 0.6 is 0 Å². The molecule has 28 heavy (non-hydrogen) atoms. The maximum atomic E-state index is 13.0. The van der Waals surface area contributed by atoms with Crippen molar-refractivity contribution < 1.29 is 9.90 Å². The van der Waals surface area contributed by atoms with E-state index in [0.717, 1.165) is 18.4 Å². The average molecular weight is 385 g/mol. The molecule has 1 amide bonds. The fraction of sp³-hybridized carbons (Fsp3) is 0.500. The number of nitrogens with one attached hydrogen (secondary N) is 1. The van der Waals surface area contributed by atoms with Crippen molar-refractivity contribution in [2.24, 2.45) is 0 Å². The zero-order valence-corrected chi connectivity index (χ0v) is 15.7. The lowest BCUT2D eigenvalue weighted by molar-refractivity contribution is 0.0697. The molecule has 1 atom stereocenters. The molecule has 1 aliphatic heterocycles. The zero-order valence-electron chi connectivity index (χ0n) is 15.7. The van der Waals surface area contributed by atoms with E-state index < -0.39 is 0 Å². The third-order valence-corrected chi connectivity index (χ3v) is 5.16. The van der Waals surface area contributed by atoms with Gasteiger partial charge in [-0.25, -0.2) is 19.4 Å². The Morgan fingerprint density at radius 1 is 1.43 bits per heavy atom. The Kier molecular flexibility index (Phi) is 4.95. The van der Waals surface area contributed by atoms with Crippen molar-refractivity contribution in [3.63, 3.8) is 0 Å². The Labute approximate surface area is 160 Å². The van der Waals surface area contributed by atoms with Gasteiger partial charge in [-0.05, 0) is 31.7 Å². The minimum Gasteiger partial charge on any atom is -0.396 e. The molecule has 0 spiro atoms. The Morgan fingerprint density at radius 3 is 3.07 bits per heavy atom. The number of hydrogen-bond donors (Lipinski definition) is 2. The molecule has 0 saturated carbocycles.